The molecule has 4 rings (SSSR count). The highest BCUT2D eigenvalue weighted by atomic mass is 32.2. The molecule has 2 heterocycles. The Labute approximate surface area is 155 Å². The Bertz CT molecular complexity index is 888. The molecule has 0 N–H and O–H groups in total. The fourth-order valence-corrected chi connectivity index (χ4v) is 5.75. The first-order chi connectivity index (χ1) is 12.4. The number of nitrogens with zero attached hydrogens (tertiary/aromatic N) is 4. The van der Waals surface area contributed by atoms with Crippen molar-refractivity contribution in [2.24, 2.45) is 0 Å². The number of sulfone groups is 1. The maximum Gasteiger partial charge on any atom is 0.161 e. The number of aryl methyl sites for hydroxylation is 1. The van der Waals surface area contributed by atoms with Crippen molar-refractivity contribution in [1.29, 1.82) is 0 Å². The lowest BCUT2D eigenvalue weighted by Crippen LogP contribution is -2.33. The van der Waals surface area contributed by atoms with E-state index in [2.05, 4.69) is 36.1 Å². The highest BCUT2D eigenvalue weighted by Crippen LogP contribution is 2.52. The van der Waals surface area contributed by atoms with Crippen molar-refractivity contribution in [2.75, 3.05) is 18.6 Å². The molecule has 0 spiro atoms. The van der Waals surface area contributed by atoms with Gasteiger partial charge in [0.1, 0.15) is 5.82 Å². The first kappa shape index (κ1) is 17.7. The second-order valence-electron chi connectivity index (χ2n) is 7.59. The number of aromatic nitrogens is 3. The molecule has 26 heavy (non-hydrogen) atoms. The summed E-state index contributed by atoms with van der Waals surface area (Å²) in [6.45, 7) is 3.47. The molecule has 1 aliphatic heterocycles. The van der Waals surface area contributed by atoms with E-state index in [1.807, 2.05) is 17.8 Å². The van der Waals surface area contributed by atoms with Crippen molar-refractivity contribution in [3.05, 3.63) is 47.5 Å². The fraction of sp³-hybridized carbons (Fsp3) is 0.579. The summed E-state index contributed by atoms with van der Waals surface area (Å²) in [6.07, 6.45) is 2.88. The Balaban J connectivity index is 1.57. The molecule has 1 aromatic heterocycles. The summed E-state index contributed by atoms with van der Waals surface area (Å²) in [4.78, 5) is 7.02. The van der Waals surface area contributed by atoms with Gasteiger partial charge in [0.15, 0.2) is 15.7 Å². The van der Waals surface area contributed by atoms with Crippen LogP contribution in [0.25, 0.3) is 0 Å². The third-order valence-corrected chi connectivity index (χ3v) is 7.53. The molecule has 0 amide bonds. The fourth-order valence-electron chi connectivity index (χ4n) is 3.95. The van der Waals surface area contributed by atoms with Gasteiger partial charge in [-0.3, -0.25) is 4.90 Å². The molecule has 2 fully saturated rings. The van der Waals surface area contributed by atoms with E-state index in [-0.39, 0.29) is 17.2 Å². The Kier molecular flexibility index (Phi) is 4.39. The van der Waals surface area contributed by atoms with Gasteiger partial charge in [0.05, 0.1) is 23.5 Å². The van der Waals surface area contributed by atoms with Crippen LogP contribution in [0.5, 0.6) is 0 Å². The quantitative estimate of drug-likeness (QED) is 0.774. The van der Waals surface area contributed by atoms with Gasteiger partial charge in [0.25, 0.3) is 0 Å². The number of rotatable bonds is 6. The van der Waals surface area contributed by atoms with E-state index in [1.165, 1.54) is 5.56 Å². The van der Waals surface area contributed by atoms with E-state index in [0.29, 0.717) is 18.7 Å². The van der Waals surface area contributed by atoms with Crippen molar-refractivity contribution < 1.29 is 8.42 Å². The lowest BCUT2D eigenvalue weighted by atomic mass is 9.95. The van der Waals surface area contributed by atoms with Crippen molar-refractivity contribution in [1.82, 2.24) is 19.7 Å². The second-order valence-corrected chi connectivity index (χ2v) is 9.82. The smallest absolute Gasteiger partial charge is 0.161 e. The summed E-state index contributed by atoms with van der Waals surface area (Å²) in [5.74, 6) is 2.39. The highest BCUT2D eigenvalue weighted by molar-refractivity contribution is 7.91. The van der Waals surface area contributed by atoms with Crippen LogP contribution in [0.1, 0.15) is 43.4 Å². The molecular formula is C19H26N4O2S. The second kappa shape index (κ2) is 6.46. The van der Waals surface area contributed by atoms with Crippen molar-refractivity contribution in [2.45, 2.75) is 50.7 Å². The molecule has 2 aromatic rings. The molecule has 1 unspecified atom stereocenters. The zero-order valence-electron chi connectivity index (χ0n) is 15.4. The predicted octanol–water partition coefficient (Wildman–Crippen LogP) is 2.00. The third-order valence-electron chi connectivity index (χ3n) is 5.77. The molecule has 1 saturated carbocycles. The van der Waals surface area contributed by atoms with Crippen LogP contribution in [-0.4, -0.2) is 52.7 Å². The summed E-state index contributed by atoms with van der Waals surface area (Å²) in [5, 5.41) is 4.81. The van der Waals surface area contributed by atoms with Crippen molar-refractivity contribution >= 4 is 9.84 Å². The first-order valence-corrected chi connectivity index (χ1v) is 11.2. The Morgan fingerprint density at radius 3 is 2.58 bits per heavy atom. The summed E-state index contributed by atoms with van der Waals surface area (Å²) in [7, 11) is -0.887. The Morgan fingerprint density at radius 1 is 1.27 bits per heavy atom. The minimum atomic E-state index is -2.88. The number of benzene rings is 1. The molecule has 140 valence electrons. The van der Waals surface area contributed by atoms with Gasteiger partial charge in [-0.05, 0) is 38.8 Å². The SMILES string of the molecule is CCn1nc(C2(c3ccccc3)CC2)nc1CN(C)C1CCS(=O)(=O)C1. The lowest BCUT2D eigenvalue weighted by Gasteiger charge is -2.22. The van der Waals surface area contributed by atoms with Crippen LogP contribution in [-0.2, 0) is 28.3 Å². The largest absolute Gasteiger partial charge is 0.295 e. The van der Waals surface area contributed by atoms with Crippen molar-refractivity contribution in [3.8, 4) is 0 Å². The van der Waals surface area contributed by atoms with E-state index in [0.717, 1.165) is 31.0 Å². The van der Waals surface area contributed by atoms with Crippen LogP contribution in [0.15, 0.2) is 30.3 Å². The highest BCUT2D eigenvalue weighted by Gasteiger charge is 2.49. The van der Waals surface area contributed by atoms with Gasteiger partial charge < -0.3 is 0 Å². The van der Waals surface area contributed by atoms with E-state index < -0.39 is 9.84 Å². The van der Waals surface area contributed by atoms with E-state index in [4.69, 9.17) is 10.1 Å². The maximum atomic E-state index is 11.8. The maximum absolute atomic E-state index is 11.8. The van der Waals surface area contributed by atoms with Gasteiger partial charge in [-0.15, -0.1) is 0 Å². The van der Waals surface area contributed by atoms with Crippen LogP contribution < -0.4 is 0 Å². The van der Waals surface area contributed by atoms with Gasteiger partial charge in [0.2, 0.25) is 0 Å². The van der Waals surface area contributed by atoms with E-state index in [9.17, 15) is 8.42 Å². The van der Waals surface area contributed by atoms with Gasteiger partial charge >= 0.3 is 0 Å². The molecule has 0 radical (unpaired) electrons. The average molecular weight is 375 g/mol. The van der Waals surface area contributed by atoms with Gasteiger partial charge in [-0.1, -0.05) is 30.3 Å². The van der Waals surface area contributed by atoms with Crippen LogP contribution in [0.4, 0.5) is 0 Å². The van der Waals surface area contributed by atoms with Gasteiger partial charge in [-0.2, -0.15) is 5.10 Å². The summed E-state index contributed by atoms with van der Waals surface area (Å²) < 4.78 is 25.5. The Hall–Kier alpha value is -1.73. The molecule has 1 aromatic carbocycles. The van der Waals surface area contributed by atoms with Crippen LogP contribution >= 0.6 is 0 Å². The van der Waals surface area contributed by atoms with Gasteiger partial charge in [0, 0.05) is 12.6 Å². The van der Waals surface area contributed by atoms with Crippen molar-refractivity contribution in [3.63, 3.8) is 0 Å². The average Bonchev–Trinajstić information content (AvgIpc) is 3.22. The Morgan fingerprint density at radius 2 is 2.00 bits per heavy atom. The molecule has 0 bridgehead atoms. The van der Waals surface area contributed by atoms with Crippen LogP contribution in [0.3, 0.4) is 0 Å². The minimum Gasteiger partial charge on any atom is -0.295 e. The minimum absolute atomic E-state index is 0.0360. The molecule has 1 saturated heterocycles. The van der Waals surface area contributed by atoms with Crippen LogP contribution in [0.2, 0.25) is 0 Å². The molecule has 1 aliphatic carbocycles. The van der Waals surface area contributed by atoms with Gasteiger partial charge in [-0.25, -0.2) is 18.1 Å². The first-order valence-electron chi connectivity index (χ1n) is 9.34. The molecule has 2 aliphatic rings. The molecular weight excluding hydrogens is 348 g/mol. The van der Waals surface area contributed by atoms with E-state index >= 15 is 0 Å². The number of hydrogen-bond donors (Lipinski definition) is 0. The number of hydrogen-bond acceptors (Lipinski definition) is 5. The van der Waals surface area contributed by atoms with Crippen LogP contribution in [0, 0.1) is 0 Å². The zero-order valence-corrected chi connectivity index (χ0v) is 16.2. The monoisotopic (exact) mass is 374 g/mol. The summed E-state index contributed by atoms with van der Waals surface area (Å²) >= 11 is 0. The lowest BCUT2D eigenvalue weighted by molar-refractivity contribution is 0.243. The third kappa shape index (κ3) is 3.18. The zero-order chi connectivity index (χ0) is 18.4. The standard InChI is InChI=1S/C19H26N4O2S/c1-3-23-17(13-22(2)16-9-12-26(24,25)14-16)20-18(21-23)19(10-11-19)15-7-5-4-6-8-15/h4-8,16H,3,9-14H2,1-2H3. The summed E-state index contributed by atoms with van der Waals surface area (Å²) in [5.41, 5.74) is 1.25. The summed E-state index contributed by atoms with van der Waals surface area (Å²) in [6, 6.07) is 10.6. The topological polar surface area (TPSA) is 68.1 Å². The molecule has 1 atom stereocenters. The van der Waals surface area contributed by atoms with E-state index in [1.54, 1.807) is 0 Å². The molecule has 6 nitrogen and oxygen atoms in total. The predicted molar refractivity (Wildman–Crippen MR) is 101 cm³/mol. The normalized spacial score (nSPS) is 23.4. The molecule has 7 heteroatoms.